The van der Waals surface area contributed by atoms with E-state index in [0.717, 1.165) is 50.1 Å². The number of hydrogen-bond acceptors (Lipinski definition) is 6. The highest BCUT2D eigenvalue weighted by Gasteiger charge is 2.36. The molecule has 2 aliphatic rings. The largest absolute Gasteiger partial charge is 0.388 e. The lowest BCUT2D eigenvalue weighted by Crippen LogP contribution is -2.49. The molecule has 0 aromatic carbocycles. The summed E-state index contributed by atoms with van der Waals surface area (Å²) in [6, 6.07) is 6.08. The molecule has 1 N–H and O–H groups in total. The van der Waals surface area contributed by atoms with Gasteiger partial charge in [0.1, 0.15) is 0 Å². The number of hydrogen-bond donors (Lipinski definition) is 1. The summed E-state index contributed by atoms with van der Waals surface area (Å²) < 4.78 is 7.27. The smallest absolute Gasteiger partial charge is 0.229 e. The summed E-state index contributed by atoms with van der Waals surface area (Å²) >= 11 is 0. The second-order valence-corrected chi connectivity index (χ2v) is 7.74. The number of piperidine rings is 1. The van der Waals surface area contributed by atoms with Crippen LogP contribution in [0.3, 0.4) is 0 Å². The van der Waals surface area contributed by atoms with E-state index >= 15 is 0 Å². The minimum atomic E-state index is -0.811. The van der Waals surface area contributed by atoms with Crippen molar-refractivity contribution in [2.24, 2.45) is 0 Å². The van der Waals surface area contributed by atoms with Crippen LogP contribution >= 0.6 is 0 Å². The number of rotatable bonds is 5. The van der Waals surface area contributed by atoms with E-state index in [1.807, 2.05) is 29.0 Å². The maximum Gasteiger partial charge on any atom is 0.229 e. The molecule has 3 aromatic heterocycles. The van der Waals surface area contributed by atoms with Crippen LogP contribution in [0.4, 0.5) is 0 Å². The van der Waals surface area contributed by atoms with Crippen molar-refractivity contribution in [2.75, 3.05) is 13.1 Å². The molecule has 3 aromatic rings. The predicted octanol–water partition coefficient (Wildman–Crippen LogP) is 2.16. The maximum absolute atomic E-state index is 11.1. The van der Waals surface area contributed by atoms with Crippen molar-refractivity contribution in [1.29, 1.82) is 0 Å². The van der Waals surface area contributed by atoms with Gasteiger partial charge in [-0.1, -0.05) is 11.2 Å². The molecule has 7 nitrogen and oxygen atoms in total. The minimum Gasteiger partial charge on any atom is -0.388 e. The molecule has 0 radical (unpaired) electrons. The van der Waals surface area contributed by atoms with Gasteiger partial charge >= 0.3 is 0 Å². The lowest BCUT2D eigenvalue weighted by molar-refractivity contribution is -0.0372. The first kappa shape index (κ1) is 16.0. The molecule has 1 atom stereocenters. The lowest BCUT2D eigenvalue weighted by atomic mass is 9.89. The van der Waals surface area contributed by atoms with Crippen molar-refractivity contribution >= 4 is 5.52 Å². The van der Waals surface area contributed by atoms with Gasteiger partial charge in [0.15, 0.2) is 5.82 Å². The van der Waals surface area contributed by atoms with Gasteiger partial charge in [-0.05, 0) is 44.4 Å². The van der Waals surface area contributed by atoms with Gasteiger partial charge in [0, 0.05) is 30.8 Å². The second-order valence-electron chi connectivity index (χ2n) is 7.74. The van der Waals surface area contributed by atoms with Crippen LogP contribution in [0.1, 0.15) is 48.9 Å². The molecule has 136 valence electrons. The Morgan fingerprint density at radius 2 is 2.23 bits per heavy atom. The third kappa shape index (κ3) is 3.12. The highest BCUT2D eigenvalue weighted by Crippen LogP contribution is 2.38. The molecule has 0 bridgehead atoms. The lowest BCUT2D eigenvalue weighted by Gasteiger charge is -2.38. The van der Waals surface area contributed by atoms with Crippen LogP contribution in [0.25, 0.3) is 5.52 Å². The fourth-order valence-corrected chi connectivity index (χ4v) is 3.96. The van der Waals surface area contributed by atoms with Crippen molar-refractivity contribution in [3.8, 4) is 0 Å². The molecule has 1 unspecified atom stereocenters. The number of likely N-dealkylation sites (tertiary alicyclic amines) is 1. The Morgan fingerprint density at radius 1 is 1.31 bits per heavy atom. The van der Waals surface area contributed by atoms with Crippen LogP contribution in [-0.4, -0.2) is 48.5 Å². The molecule has 5 rings (SSSR count). The zero-order valence-electron chi connectivity index (χ0n) is 14.7. The number of aliphatic hydroxyl groups is 1. The second kappa shape index (κ2) is 6.17. The van der Waals surface area contributed by atoms with Gasteiger partial charge in [0.05, 0.1) is 23.7 Å². The summed E-state index contributed by atoms with van der Waals surface area (Å²) in [5.41, 5.74) is 1.49. The van der Waals surface area contributed by atoms with Crippen molar-refractivity contribution in [1.82, 2.24) is 24.7 Å². The minimum absolute atomic E-state index is 0.429. The number of fused-ring (bicyclic) bond motifs is 1. The molecule has 1 aliphatic heterocycles. The Labute approximate surface area is 151 Å². The summed E-state index contributed by atoms with van der Waals surface area (Å²) in [6.45, 7) is 2.37. The van der Waals surface area contributed by atoms with E-state index in [1.54, 1.807) is 0 Å². The Hall–Kier alpha value is -2.25. The number of aromatic nitrogens is 4. The van der Waals surface area contributed by atoms with Crippen molar-refractivity contribution in [3.63, 3.8) is 0 Å². The van der Waals surface area contributed by atoms with E-state index in [1.165, 1.54) is 5.56 Å². The van der Waals surface area contributed by atoms with E-state index in [2.05, 4.69) is 26.2 Å². The van der Waals surface area contributed by atoms with Crippen LogP contribution in [0.15, 0.2) is 35.1 Å². The van der Waals surface area contributed by atoms with Gasteiger partial charge < -0.3 is 9.63 Å². The highest BCUT2D eigenvalue weighted by atomic mass is 16.5. The van der Waals surface area contributed by atoms with Crippen LogP contribution < -0.4 is 0 Å². The van der Waals surface area contributed by atoms with Crippen LogP contribution in [0.2, 0.25) is 0 Å². The van der Waals surface area contributed by atoms with Crippen molar-refractivity contribution in [2.45, 2.75) is 50.2 Å². The van der Waals surface area contributed by atoms with E-state index in [4.69, 9.17) is 4.52 Å². The molecule has 1 saturated heterocycles. The fraction of sp³-hybridized carbons (Fsp3) is 0.526. The Bertz CT molecular complexity index is 915. The first-order chi connectivity index (χ1) is 12.7. The molecule has 0 amide bonds. The summed E-state index contributed by atoms with van der Waals surface area (Å²) in [5, 5.41) is 19.6. The van der Waals surface area contributed by atoms with Gasteiger partial charge in [-0.2, -0.15) is 10.1 Å². The quantitative estimate of drug-likeness (QED) is 0.757. The zero-order valence-corrected chi connectivity index (χ0v) is 14.7. The first-order valence-electron chi connectivity index (χ1n) is 9.37. The van der Waals surface area contributed by atoms with Crippen LogP contribution in [0.5, 0.6) is 0 Å². The molecule has 1 aliphatic carbocycles. The average molecular weight is 353 g/mol. The van der Waals surface area contributed by atoms with E-state index in [-0.39, 0.29) is 0 Å². The Balaban J connectivity index is 1.28. The summed E-state index contributed by atoms with van der Waals surface area (Å²) in [7, 11) is 0. The van der Waals surface area contributed by atoms with Gasteiger partial charge in [-0.25, -0.2) is 4.52 Å². The number of pyridine rings is 1. The molecule has 7 heteroatoms. The highest BCUT2D eigenvalue weighted by molar-refractivity contribution is 5.53. The van der Waals surface area contributed by atoms with Gasteiger partial charge in [0.25, 0.3) is 0 Å². The summed E-state index contributed by atoms with van der Waals surface area (Å²) in [6.07, 6.45) is 8.32. The molecule has 4 heterocycles. The van der Waals surface area contributed by atoms with Gasteiger partial charge in [-0.15, -0.1) is 0 Å². The van der Waals surface area contributed by atoms with Gasteiger partial charge in [0.2, 0.25) is 5.89 Å². The van der Waals surface area contributed by atoms with Crippen LogP contribution in [0, 0.1) is 0 Å². The normalized spacial score (nSPS) is 24.3. The SMILES string of the molecule is OC1(Cc2nc(C3CC3)no2)CCCN(Cc2cnn3ccccc23)C1. The van der Waals surface area contributed by atoms with E-state index in [9.17, 15) is 5.11 Å². The molecule has 2 fully saturated rings. The molecular weight excluding hydrogens is 330 g/mol. The van der Waals surface area contributed by atoms with Crippen molar-refractivity contribution in [3.05, 3.63) is 47.9 Å². The standard InChI is InChI=1S/C19H23N5O2/c25-19(10-17-21-18(22-26-17)14-5-6-14)7-3-8-23(13-19)12-15-11-20-24-9-2-1-4-16(15)24/h1-2,4,9,11,14,25H,3,5-8,10,12-13H2. The Morgan fingerprint density at radius 3 is 3.12 bits per heavy atom. The number of nitrogens with zero attached hydrogens (tertiary/aromatic N) is 5. The van der Waals surface area contributed by atoms with Gasteiger partial charge in [-0.3, -0.25) is 4.90 Å². The van der Waals surface area contributed by atoms with Crippen LogP contribution in [-0.2, 0) is 13.0 Å². The number of β-amino-alcohol motifs (C(OH)–C–C–N with tert-alkyl or cyclic N) is 1. The topological polar surface area (TPSA) is 79.7 Å². The van der Waals surface area contributed by atoms with E-state index < -0.39 is 5.60 Å². The molecule has 0 spiro atoms. The summed E-state index contributed by atoms with van der Waals surface area (Å²) in [5.74, 6) is 1.84. The first-order valence-corrected chi connectivity index (χ1v) is 9.37. The third-order valence-electron chi connectivity index (χ3n) is 5.44. The van der Waals surface area contributed by atoms with E-state index in [0.29, 0.717) is 24.8 Å². The fourth-order valence-electron chi connectivity index (χ4n) is 3.96. The zero-order chi connectivity index (χ0) is 17.6. The molecule has 1 saturated carbocycles. The monoisotopic (exact) mass is 353 g/mol. The predicted molar refractivity (Wildman–Crippen MR) is 94.6 cm³/mol. The molecule has 26 heavy (non-hydrogen) atoms. The molecular formula is C19H23N5O2. The Kier molecular flexibility index (Phi) is 3.79. The summed E-state index contributed by atoms with van der Waals surface area (Å²) in [4.78, 5) is 6.78. The average Bonchev–Trinajstić information content (AvgIpc) is 3.26. The van der Waals surface area contributed by atoms with Crippen molar-refractivity contribution < 1.29 is 9.63 Å². The maximum atomic E-state index is 11.1. The third-order valence-corrected chi connectivity index (χ3v) is 5.44.